The molecule has 1 aliphatic heterocycles. The van der Waals surface area contributed by atoms with Gasteiger partial charge in [0.25, 0.3) is 0 Å². The summed E-state index contributed by atoms with van der Waals surface area (Å²) in [5.41, 5.74) is 0. The molecule has 108 valence electrons. The number of rotatable bonds is 3. The number of nitrogens with zero attached hydrogens (tertiary/aromatic N) is 3. The highest BCUT2D eigenvalue weighted by molar-refractivity contribution is 5.93. The SMILES string of the molecule is CC(C)CC1C(=O)NCCN1C(=O)Nc1ccncn1. The minimum atomic E-state index is -0.425. The summed E-state index contributed by atoms with van der Waals surface area (Å²) in [5, 5.41) is 5.49. The average Bonchev–Trinajstić information content (AvgIpc) is 2.41. The third kappa shape index (κ3) is 3.43. The van der Waals surface area contributed by atoms with Gasteiger partial charge >= 0.3 is 6.03 Å². The summed E-state index contributed by atoms with van der Waals surface area (Å²) in [6.45, 7) is 5.04. The molecule has 0 spiro atoms. The van der Waals surface area contributed by atoms with Crippen LogP contribution in [-0.2, 0) is 4.79 Å². The molecule has 0 saturated carbocycles. The lowest BCUT2D eigenvalue weighted by Crippen LogP contribution is -2.58. The van der Waals surface area contributed by atoms with Gasteiger partial charge in [-0.3, -0.25) is 10.1 Å². The van der Waals surface area contributed by atoms with Gasteiger partial charge in [0.05, 0.1) is 0 Å². The number of piperazine rings is 1. The Kier molecular flexibility index (Phi) is 4.49. The number of nitrogens with one attached hydrogen (secondary N) is 2. The second-order valence-corrected chi connectivity index (χ2v) is 5.15. The molecule has 1 saturated heterocycles. The third-order valence-electron chi connectivity index (χ3n) is 3.10. The molecule has 0 aromatic carbocycles. The van der Waals surface area contributed by atoms with Gasteiger partial charge in [-0.25, -0.2) is 14.8 Å². The molecule has 1 aromatic rings. The van der Waals surface area contributed by atoms with Crippen molar-refractivity contribution in [1.82, 2.24) is 20.2 Å². The minimum absolute atomic E-state index is 0.0946. The molecular weight excluding hydrogens is 258 g/mol. The van der Waals surface area contributed by atoms with Crippen LogP contribution < -0.4 is 10.6 Å². The molecule has 1 unspecified atom stereocenters. The maximum Gasteiger partial charge on any atom is 0.323 e. The maximum absolute atomic E-state index is 12.3. The van der Waals surface area contributed by atoms with E-state index >= 15 is 0 Å². The van der Waals surface area contributed by atoms with Crippen molar-refractivity contribution in [3.63, 3.8) is 0 Å². The van der Waals surface area contributed by atoms with Gasteiger partial charge in [-0.2, -0.15) is 0 Å². The summed E-state index contributed by atoms with van der Waals surface area (Å²) in [6, 6.07) is 0.883. The molecule has 1 fully saturated rings. The van der Waals surface area contributed by atoms with Gasteiger partial charge in [0.2, 0.25) is 5.91 Å². The minimum Gasteiger partial charge on any atom is -0.353 e. The number of hydrogen-bond donors (Lipinski definition) is 2. The molecule has 1 aromatic heterocycles. The Morgan fingerprint density at radius 2 is 2.40 bits per heavy atom. The van der Waals surface area contributed by atoms with E-state index in [1.807, 2.05) is 13.8 Å². The Labute approximate surface area is 117 Å². The zero-order valence-electron chi connectivity index (χ0n) is 11.7. The van der Waals surface area contributed by atoms with E-state index in [9.17, 15) is 9.59 Å². The van der Waals surface area contributed by atoms with Crippen molar-refractivity contribution in [3.05, 3.63) is 18.6 Å². The van der Waals surface area contributed by atoms with Crippen molar-refractivity contribution in [1.29, 1.82) is 0 Å². The van der Waals surface area contributed by atoms with Crippen molar-refractivity contribution < 1.29 is 9.59 Å². The molecule has 7 nitrogen and oxygen atoms in total. The Morgan fingerprint density at radius 1 is 1.60 bits per heavy atom. The standard InChI is InChI=1S/C13H19N5O2/c1-9(2)7-10-12(19)15-5-6-18(10)13(20)17-11-3-4-14-8-16-11/h3-4,8-10H,5-7H2,1-2H3,(H,15,19)(H,14,16,17,20). The van der Waals surface area contributed by atoms with Crippen LogP contribution in [0.1, 0.15) is 20.3 Å². The number of hydrogen-bond acceptors (Lipinski definition) is 4. The first-order valence-corrected chi connectivity index (χ1v) is 6.69. The molecule has 20 heavy (non-hydrogen) atoms. The largest absolute Gasteiger partial charge is 0.353 e. The van der Waals surface area contributed by atoms with Crippen LogP contribution >= 0.6 is 0 Å². The van der Waals surface area contributed by atoms with Crippen molar-refractivity contribution >= 4 is 17.8 Å². The van der Waals surface area contributed by atoms with Gasteiger partial charge in [-0.15, -0.1) is 0 Å². The zero-order valence-corrected chi connectivity index (χ0v) is 11.7. The highest BCUT2D eigenvalue weighted by Crippen LogP contribution is 2.15. The van der Waals surface area contributed by atoms with E-state index in [0.717, 1.165) is 0 Å². The average molecular weight is 277 g/mol. The summed E-state index contributed by atoms with van der Waals surface area (Å²) in [7, 11) is 0. The maximum atomic E-state index is 12.3. The molecule has 2 heterocycles. The van der Waals surface area contributed by atoms with Crippen LogP contribution in [0.25, 0.3) is 0 Å². The van der Waals surface area contributed by atoms with Crippen LogP contribution in [-0.4, -0.2) is 45.9 Å². The normalized spacial score (nSPS) is 18.9. The summed E-state index contributed by atoms with van der Waals surface area (Å²) < 4.78 is 0. The molecule has 7 heteroatoms. The van der Waals surface area contributed by atoms with Crippen LogP contribution in [0.3, 0.4) is 0 Å². The number of carbonyl (C=O) groups is 2. The van der Waals surface area contributed by atoms with Crippen molar-refractivity contribution in [3.8, 4) is 0 Å². The van der Waals surface area contributed by atoms with Crippen molar-refractivity contribution in [2.75, 3.05) is 18.4 Å². The Morgan fingerprint density at radius 3 is 3.05 bits per heavy atom. The fourth-order valence-corrected chi connectivity index (χ4v) is 2.18. The molecule has 0 bridgehead atoms. The van der Waals surface area contributed by atoms with E-state index in [1.165, 1.54) is 6.33 Å². The Balaban J connectivity index is 2.07. The fraction of sp³-hybridized carbons (Fsp3) is 0.538. The molecule has 3 amide bonds. The molecule has 2 N–H and O–H groups in total. The number of urea groups is 1. The molecule has 2 rings (SSSR count). The second kappa shape index (κ2) is 6.31. The summed E-state index contributed by atoms with van der Waals surface area (Å²) in [4.78, 5) is 33.5. The van der Waals surface area contributed by atoms with E-state index in [4.69, 9.17) is 0 Å². The van der Waals surface area contributed by atoms with Gasteiger partial charge in [-0.1, -0.05) is 13.8 Å². The number of anilines is 1. The summed E-state index contributed by atoms with van der Waals surface area (Å²) in [5.74, 6) is 0.667. The van der Waals surface area contributed by atoms with Crippen LogP contribution in [0.5, 0.6) is 0 Å². The summed E-state index contributed by atoms with van der Waals surface area (Å²) >= 11 is 0. The smallest absolute Gasteiger partial charge is 0.323 e. The van der Waals surface area contributed by atoms with E-state index in [0.29, 0.717) is 31.2 Å². The van der Waals surface area contributed by atoms with E-state index in [-0.39, 0.29) is 11.9 Å². The predicted octanol–water partition coefficient (Wildman–Crippen LogP) is 0.855. The Bertz CT molecular complexity index is 477. The number of carbonyl (C=O) groups excluding carboxylic acids is 2. The third-order valence-corrected chi connectivity index (χ3v) is 3.10. The lowest BCUT2D eigenvalue weighted by molar-refractivity contribution is -0.128. The predicted molar refractivity (Wildman–Crippen MR) is 74.0 cm³/mol. The first-order valence-electron chi connectivity index (χ1n) is 6.69. The van der Waals surface area contributed by atoms with Gasteiger partial charge in [0.15, 0.2) is 0 Å². The van der Waals surface area contributed by atoms with Gasteiger partial charge in [0.1, 0.15) is 18.2 Å². The zero-order chi connectivity index (χ0) is 14.5. The van der Waals surface area contributed by atoms with Gasteiger partial charge in [-0.05, 0) is 18.4 Å². The highest BCUT2D eigenvalue weighted by Gasteiger charge is 2.33. The molecule has 0 aliphatic carbocycles. The van der Waals surface area contributed by atoms with Crippen molar-refractivity contribution in [2.24, 2.45) is 5.92 Å². The van der Waals surface area contributed by atoms with Gasteiger partial charge in [0, 0.05) is 19.3 Å². The lowest BCUT2D eigenvalue weighted by atomic mass is 10.0. The summed E-state index contributed by atoms with van der Waals surface area (Å²) in [6.07, 6.45) is 3.56. The topological polar surface area (TPSA) is 87.2 Å². The first kappa shape index (κ1) is 14.2. The molecule has 1 atom stereocenters. The van der Waals surface area contributed by atoms with Crippen LogP contribution in [0.2, 0.25) is 0 Å². The quantitative estimate of drug-likeness (QED) is 0.857. The highest BCUT2D eigenvalue weighted by atomic mass is 16.2. The monoisotopic (exact) mass is 277 g/mol. The number of amides is 3. The molecular formula is C13H19N5O2. The lowest BCUT2D eigenvalue weighted by Gasteiger charge is -2.35. The fourth-order valence-electron chi connectivity index (χ4n) is 2.18. The Hall–Kier alpha value is -2.18. The van der Waals surface area contributed by atoms with Gasteiger partial charge < -0.3 is 10.2 Å². The van der Waals surface area contributed by atoms with Crippen LogP contribution in [0, 0.1) is 5.92 Å². The second-order valence-electron chi connectivity index (χ2n) is 5.15. The van der Waals surface area contributed by atoms with Crippen LogP contribution in [0.4, 0.5) is 10.6 Å². The molecule has 1 aliphatic rings. The van der Waals surface area contributed by atoms with E-state index in [2.05, 4.69) is 20.6 Å². The number of aromatic nitrogens is 2. The first-order chi connectivity index (χ1) is 9.58. The van der Waals surface area contributed by atoms with E-state index < -0.39 is 6.04 Å². The van der Waals surface area contributed by atoms with E-state index in [1.54, 1.807) is 17.2 Å². The van der Waals surface area contributed by atoms with Crippen molar-refractivity contribution in [2.45, 2.75) is 26.3 Å². The molecule has 0 radical (unpaired) electrons. The van der Waals surface area contributed by atoms with Crippen LogP contribution in [0.15, 0.2) is 18.6 Å².